The topological polar surface area (TPSA) is 40.5 Å². The van der Waals surface area contributed by atoms with Crippen molar-refractivity contribution in [2.24, 2.45) is 0 Å². The zero-order chi connectivity index (χ0) is 15.7. The van der Waals surface area contributed by atoms with Crippen LogP contribution in [-0.4, -0.2) is 16.3 Å². The predicted octanol–water partition coefficient (Wildman–Crippen LogP) is 2.95. The van der Waals surface area contributed by atoms with Crippen LogP contribution in [0.5, 0.6) is 0 Å². The fourth-order valence-corrected chi connectivity index (χ4v) is 1.65. The molecule has 2 N–H and O–H groups in total. The molecule has 0 aliphatic carbocycles. The fraction of sp³-hybridized carbons (Fsp3) is 0.412. The maximum atomic E-state index is 13.0. The van der Waals surface area contributed by atoms with Crippen LogP contribution in [-0.2, 0) is 0 Å². The van der Waals surface area contributed by atoms with E-state index in [1.54, 1.807) is 0 Å². The van der Waals surface area contributed by atoms with Crippen molar-refractivity contribution in [3.05, 3.63) is 35.4 Å². The average Bonchev–Trinajstić information content (AvgIpc) is 2.46. The molecule has 2 atom stereocenters. The molecule has 1 rings (SSSR count). The Balaban J connectivity index is 2.56. The van der Waals surface area contributed by atoms with Crippen molar-refractivity contribution in [3.63, 3.8) is 0 Å². The summed E-state index contributed by atoms with van der Waals surface area (Å²) in [7, 11) is 0. The van der Waals surface area contributed by atoms with Crippen molar-refractivity contribution in [2.75, 3.05) is 0 Å². The molecule has 0 aromatic heterocycles. The van der Waals surface area contributed by atoms with Gasteiger partial charge in [-0.15, -0.1) is 0 Å². The minimum atomic E-state index is -1.24. The molecule has 1 aromatic carbocycles. The lowest BCUT2D eigenvalue weighted by Crippen LogP contribution is -2.01. The van der Waals surface area contributed by atoms with Crippen LogP contribution in [0.15, 0.2) is 18.2 Å². The Hall–Kier alpha value is -1.88. The van der Waals surface area contributed by atoms with Gasteiger partial charge in [-0.1, -0.05) is 37.7 Å². The number of unbranched alkanes of at least 4 members (excludes halogenated alkanes) is 2. The molecule has 0 fully saturated rings. The number of aliphatic hydroxyl groups is 2. The number of hydrogen-bond acceptors (Lipinski definition) is 2. The third-order valence-corrected chi connectivity index (χ3v) is 2.85. The van der Waals surface area contributed by atoms with Gasteiger partial charge in [0.05, 0.1) is 0 Å². The first-order valence-corrected chi connectivity index (χ1v) is 6.86. The predicted molar refractivity (Wildman–Crippen MR) is 77.0 cm³/mol. The van der Waals surface area contributed by atoms with E-state index in [0.717, 1.165) is 31.4 Å². The third-order valence-electron chi connectivity index (χ3n) is 2.85. The van der Waals surface area contributed by atoms with Gasteiger partial charge in [0.2, 0.25) is 0 Å². The van der Waals surface area contributed by atoms with Crippen molar-refractivity contribution in [1.29, 1.82) is 0 Å². The zero-order valence-electron chi connectivity index (χ0n) is 11.9. The number of halogens is 2. The van der Waals surface area contributed by atoms with E-state index in [4.69, 9.17) is 0 Å². The highest BCUT2D eigenvalue weighted by Crippen LogP contribution is 2.15. The third kappa shape index (κ3) is 6.40. The molecular weight excluding hydrogens is 274 g/mol. The van der Waals surface area contributed by atoms with E-state index < -0.39 is 23.8 Å². The second kappa shape index (κ2) is 9.13. The molecule has 2 unspecified atom stereocenters. The molecule has 0 radical (unpaired) electrons. The monoisotopic (exact) mass is 292 g/mol. The first kappa shape index (κ1) is 17.2. The van der Waals surface area contributed by atoms with E-state index in [1.165, 1.54) is 6.07 Å². The smallest absolute Gasteiger partial charge is 0.159 e. The lowest BCUT2D eigenvalue weighted by Gasteiger charge is -2.03. The summed E-state index contributed by atoms with van der Waals surface area (Å²) in [6, 6.07) is 3.07. The highest BCUT2D eigenvalue weighted by molar-refractivity contribution is 5.33. The molecule has 1 aromatic rings. The molecule has 0 saturated carbocycles. The Labute approximate surface area is 123 Å². The van der Waals surface area contributed by atoms with Gasteiger partial charge in [0.15, 0.2) is 11.6 Å². The summed E-state index contributed by atoms with van der Waals surface area (Å²) in [6.07, 6.45) is 1.63. The molecule has 0 aliphatic heterocycles. The maximum absolute atomic E-state index is 13.0. The summed E-state index contributed by atoms with van der Waals surface area (Å²) >= 11 is 0. The molecule has 0 aliphatic rings. The Morgan fingerprint density at radius 1 is 1.05 bits per heavy atom. The van der Waals surface area contributed by atoms with E-state index in [1.807, 2.05) is 0 Å². The van der Waals surface area contributed by atoms with E-state index in [-0.39, 0.29) is 5.56 Å². The normalized spacial score (nSPS) is 12.6. The quantitative estimate of drug-likeness (QED) is 0.647. The molecular formula is C17H18F2O2. The molecule has 112 valence electrons. The summed E-state index contributed by atoms with van der Waals surface area (Å²) in [4.78, 5) is 0. The molecule has 2 nitrogen and oxygen atoms in total. The van der Waals surface area contributed by atoms with Gasteiger partial charge in [0.25, 0.3) is 0 Å². The van der Waals surface area contributed by atoms with Crippen molar-refractivity contribution in [1.82, 2.24) is 0 Å². The molecule has 0 amide bonds. The van der Waals surface area contributed by atoms with Gasteiger partial charge < -0.3 is 10.2 Å². The van der Waals surface area contributed by atoms with E-state index in [0.29, 0.717) is 6.42 Å². The van der Waals surface area contributed by atoms with Crippen LogP contribution in [0.1, 0.15) is 44.3 Å². The second-order valence-electron chi connectivity index (χ2n) is 4.63. The van der Waals surface area contributed by atoms with Crippen molar-refractivity contribution in [3.8, 4) is 23.7 Å². The summed E-state index contributed by atoms with van der Waals surface area (Å²) in [5.41, 5.74) is 0.159. The Morgan fingerprint density at radius 3 is 2.43 bits per heavy atom. The van der Waals surface area contributed by atoms with Crippen LogP contribution in [0.3, 0.4) is 0 Å². The van der Waals surface area contributed by atoms with Crippen LogP contribution in [0.25, 0.3) is 0 Å². The number of hydrogen-bond donors (Lipinski definition) is 2. The SMILES string of the molecule is CCCCCC(O)C#CC#CC(O)c1ccc(F)c(F)c1. The summed E-state index contributed by atoms with van der Waals surface area (Å²) in [5.74, 6) is 7.79. The second-order valence-corrected chi connectivity index (χ2v) is 4.63. The van der Waals surface area contributed by atoms with Crippen LogP contribution in [0.4, 0.5) is 8.78 Å². The van der Waals surface area contributed by atoms with Crippen molar-refractivity contribution in [2.45, 2.75) is 44.8 Å². The Morgan fingerprint density at radius 2 is 1.76 bits per heavy atom. The minimum Gasteiger partial charge on any atom is -0.380 e. The number of benzene rings is 1. The molecule has 21 heavy (non-hydrogen) atoms. The number of aliphatic hydroxyl groups excluding tert-OH is 2. The highest BCUT2D eigenvalue weighted by atomic mass is 19.2. The molecule has 0 spiro atoms. The largest absolute Gasteiger partial charge is 0.380 e. The summed E-state index contributed by atoms with van der Waals surface area (Å²) < 4.78 is 25.7. The molecule has 0 bridgehead atoms. The van der Waals surface area contributed by atoms with Crippen LogP contribution in [0.2, 0.25) is 0 Å². The fourth-order valence-electron chi connectivity index (χ4n) is 1.65. The highest BCUT2D eigenvalue weighted by Gasteiger charge is 2.07. The van der Waals surface area contributed by atoms with Crippen LogP contribution >= 0.6 is 0 Å². The van der Waals surface area contributed by atoms with Gasteiger partial charge in [0.1, 0.15) is 12.2 Å². The zero-order valence-corrected chi connectivity index (χ0v) is 11.9. The van der Waals surface area contributed by atoms with E-state index >= 15 is 0 Å². The van der Waals surface area contributed by atoms with E-state index in [2.05, 4.69) is 30.6 Å². The van der Waals surface area contributed by atoms with Gasteiger partial charge in [0, 0.05) is 0 Å². The van der Waals surface area contributed by atoms with Crippen LogP contribution in [0, 0.1) is 35.3 Å². The molecule has 0 saturated heterocycles. The first-order valence-electron chi connectivity index (χ1n) is 6.86. The first-order chi connectivity index (χ1) is 10.0. The Bertz CT molecular complexity index is 576. The van der Waals surface area contributed by atoms with Crippen molar-refractivity contribution < 1.29 is 19.0 Å². The molecule has 4 heteroatoms. The maximum Gasteiger partial charge on any atom is 0.159 e. The van der Waals surface area contributed by atoms with Gasteiger partial charge in [-0.25, -0.2) is 8.78 Å². The summed E-state index contributed by atoms with van der Waals surface area (Å²) in [5, 5.41) is 19.2. The minimum absolute atomic E-state index is 0.159. The summed E-state index contributed by atoms with van der Waals surface area (Å²) in [6.45, 7) is 2.07. The molecule has 0 heterocycles. The van der Waals surface area contributed by atoms with Gasteiger partial charge in [-0.3, -0.25) is 0 Å². The van der Waals surface area contributed by atoms with E-state index in [9.17, 15) is 19.0 Å². The van der Waals surface area contributed by atoms with Gasteiger partial charge >= 0.3 is 0 Å². The lowest BCUT2D eigenvalue weighted by molar-refractivity contribution is 0.217. The average molecular weight is 292 g/mol. The number of rotatable bonds is 5. The lowest BCUT2D eigenvalue weighted by atomic mass is 10.1. The Kier molecular flexibility index (Phi) is 7.46. The van der Waals surface area contributed by atoms with Crippen molar-refractivity contribution >= 4 is 0 Å². The van der Waals surface area contributed by atoms with Gasteiger partial charge in [-0.05, 0) is 42.4 Å². The standard InChI is InChI=1S/C17H18F2O2/c1-2-3-4-7-14(20)8-5-6-9-17(21)13-10-11-15(18)16(19)12-13/h10-12,14,17,20-21H,2-4,7H2,1H3. The van der Waals surface area contributed by atoms with Crippen LogP contribution < -0.4 is 0 Å². The van der Waals surface area contributed by atoms with Gasteiger partial charge in [-0.2, -0.15) is 0 Å².